The second kappa shape index (κ2) is 9.59. The SMILES string of the molecule is CNC(=O)/C(F)=C\N(C=O)CCC(COP(=O)(O)O)OC. The normalized spacial score (nSPS) is 13.7. The number of likely N-dealkylation sites (N-methyl/N-ethyl adjacent to an activating group) is 1. The van der Waals surface area contributed by atoms with Crippen molar-refractivity contribution in [3.05, 3.63) is 12.0 Å². The quantitative estimate of drug-likeness (QED) is 0.281. The first-order chi connectivity index (χ1) is 9.73. The Kier molecular flexibility index (Phi) is 8.98. The van der Waals surface area contributed by atoms with Gasteiger partial charge in [-0.25, -0.2) is 4.57 Å². The summed E-state index contributed by atoms with van der Waals surface area (Å²) in [5.74, 6) is -2.12. The van der Waals surface area contributed by atoms with Gasteiger partial charge in [0.25, 0.3) is 5.91 Å². The molecule has 0 saturated carbocycles. The Morgan fingerprint density at radius 2 is 2.14 bits per heavy atom. The van der Waals surface area contributed by atoms with Gasteiger partial charge in [0.1, 0.15) is 0 Å². The Morgan fingerprint density at radius 1 is 1.52 bits per heavy atom. The molecule has 0 heterocycles. The third-order valence-corrected chi connectivity index (χ3v) is 2.82. The topological polar surface area (TPSA) is 125 Å². The molecule has 21 heavy (non-hydrogen) atoms. The van der Waals surface area contributed by atoms with Gasteiger partial charge in [-0.05, 0) is 6.42 Å². The van der Waals surface area contributed by atoms with E-state index >= 15 is 0 Å². The lowest BCUT2D eigenvalue weighted by Gasteiger charge is -2.19. The maximum absolute atomic E-state index is 13.2. The van der Waals surface area contributed by atoms with E-state index in [0.717, 1.165) is 4.90 Å². The Labute approximate surface area is 120 Å². The van der Waals surface area contributed by atoms with Gasteiger partial charge < -0.3 is 24.7 Å². The lowest BCUT2D eigenvalue weighted by Crippen LogP contribution is -2.27. The summed E-state index contributed by atoms with van der Waals surface area (Å²) in [4.78, 5) is 39.7. The molecule has 0 aliphatic carbocycles. The van der Waals surface area contributed by atoms with Crippen LogP contribution in [-0.2, 0) is 23.4 Å². The highest BCUT2D eigenvalue weighted by Gasteiger charge is 2.18. The molecule has 3 N–H and O–H groups in total. The van der Waals surface area contributed by atoms with E-state index in [9.17, 15) is 18.5 Å². The van der Waals surface area contributed by atoms with Gasteiger partial charge in [-0.3, -0.25) is 14.1 Å². The summed E-state index contributed by atoms with van der Waals surface area (Å²) in [6.45, 7) is -0.425. The number of rotatable bonds is 10. The fraction of sp³-hybridized carbons (Fsp3) is 0.600. The molecule has 9 nitrogen and oxygen atoms in total. The summed E-state index contributed by atoms with van der Waals surface area (Å²) >= 11 is 0. The molecule has 0 spiro atoms. The molecule has 1 unspecified atom stereocenters. The molecule has 122 valence electrons. The molecule has 0 fully saturated rings. The number of carbonyl (C=O) groups is 2. The summed E-state index contributed by atoms with van der Waals surface area (Å²) in [5.41, 5.74) is 0. The molecule has 0 rings (SSSR count). The van der Waals surface area contributed by atoms with Gasteiger partial charge in [0.2, 0.25) is 12.2 Å². The predicted octanol–water partition coefficient (Wildman–Crippen LogP) is -0.484. The number of halogens is 1. The summed E-state index contributed by atoms with van der Waals surface area (Å²) < 4.78 is 33.0. The number of hydrogen-bond donors (Lipinski definition) is 3. The Hall–Kier alpha value is -1.32. The van der Waals surface area contributed by atoms with Crippen LogP contribution in [0.25, 0.3) is 0 Å². The molecule has 0 aromatic heterocycles. The Morgan fingerprint density at radius 3 is 2.57 bits per heavy atom. The monoisotopic (exact) mass is 328 g/mol. The third kappa shape index (κ3) is 9.27. The molecule has 1 atom stereocenters. The van der Waals surface area contributed by atoms with Gasteiger partial charge >= 0.3 is 7.82 Å². The number of carbonyl (C=O) groups excluding carboxylic acids is 2. The zero-order chi connectivity index (χ0) is 16.5. The lowest BCUT2D eigenvalue weighted by molar-refractivity contribution is -0.118. The van der Waals surface area contributed by atoms with Crippen molar-refractivity contribution in [3.8, 4) is 0 Å². The zero-order valence-corrected chi connectivity index (χ0v) is 12.5. The summed E-state index contributed by atoms with van der Waals surface area (Å²) in [6.07, 6.45) is 0.422. The second-order valence-electron chi connectivity index (χ2n) is 3.83. The Bertz CT molecular complexity index is 426. The molecule has 11 heteroatoms. The van der Waals surface area contributed by atoms with Crippen LogP contribution < -0.4 is 5.32 Å². The largest absolute Gasteiger partial charge is 0.469 e. The molecule has 0 bridgehead atoms. The first kappa shape index (κ1) is 19.7. The van der Waals surface area contributed by atoms with Gasteiger partial charge in [0.15, 0.2) is 0 Å². The fourth-order valence-electron chi connectivity index (χ4n) is 1.21. The van der Waals surface area contributed by atoms with E-state index in [1.54, 1.807) is 0 Å². The minimum atomic E-state index is -4.61. The number of amides is 2. The lowest BCUT2D eigenvalue weighted by atomic mass is 10.2. The van der Waals surface area contributed by atoms with Gasteiger partial charge in [-0.15, -0.1) is 0 Å². The Balaban J connectivity index is 4.45. The van der Waals surface area contributed by atoms with Crippen LogP contribution in [0.2, 0.25) is 0 Å². The first-order valence-corrected chi connectivity index (χ1v) is 7.29. The van der Waals surface area contributed by atoms with Crippen LogP contribution in [0.4, 0.5) is 4.39 Å². The van der Waals surface area contributed by atoms with Crippen LogP contribution in [0.5, 0.6) is 0 Å². The highest BCUT2D eigenvalue weighted by Crippen LogP contribution is 2.35. The molecular formula is C10H18FN2O7P. The smallest absolute Gasteiger partial charge is 0.379 e. The van der Waals surface area contributed by atoms with Crippen LogP contribution in [-0.4, -0.2) is 60.4 Å². The average molecular weight is 328 g/mol. The van der Waals surface area contributed by atoms with E-state index in [-0.39, 0.29) is 13.0 Å². The molecule has 0 aromatic rings. The van der Waals surface area contributed by atoms with Crippen molar-refractivity contribution in [1.82, 2.24) is 10.2 Å². The molecule has 2 amide bonds. The predicted molar refractivity (Wildman–Crippen MR) is 69.4 cm³/mol. The van der Waals surface area contributed by atoms with E-state index in [4.69, 9.17) is 14.5 Å². The summed E-state index contributed by atoms with van der Waals surface area (Å²) in [5, 5.41) is 2.05. The van der Waals surface area contributed by atoms with Crippen molar-refractivity contribution in [2.45, 2.75) is 12.5 Å². The van der Waals surface area contributed by atoms with Crippen LogP contribution in [0.3, 0.4) is 0 Å². The van der Waals surface area contributed by atoms with Crippen molar-refractivity contribution in [2.24, 2.45) is 0 Å². The number of phosphoric ester groups is 1. The summed E-state index contributed by atoms with van der Waals surface area (Å²) in [6, 6.07) is 0. The maximum atomic E-state index is 13.2. The second-order valence-corrected chi connectivity index (χ2v) is 5.07. The van der Waals surface area contributed by atoms with Crippen LogP contribution >= 0.6 is 7.82 Å². The highest BCUT2D eigenvalue weighted by atomic mass is 31.2. The van der Waals surface area contributed by atoms with E-state index in [1.807, 2.05) is 0 Å². The van der Waals surface area contributed by atoms with Crippen LogP contribution in [0.1, 0.15) is 6.42 Å². The number of methoxy groups -OCH3 is 1. The fourth-order valence-corrected chi connectivity index (χ4v) is 1.57. The van der Waals surface area contributed by atoms with Gasteiger partial charge in [-0.2, -0.15) is 4.39 Å². The number of nitrogens with one attached hydrogen (secondary N) is 1. The minimum absolute atomic E-state index is 0.0308. The van der Waals surface area contributed by atoms with E-state index in [1.165, 1.54) is 14.2 Å². The van der Waals surface area contributed by atoms with Crippen molar-refractivity contribution >= 4 is 20.1 Å². The van der Waals surface area contributed by atoms with Gasteiger partial charge in [-0.1, -0.05) is 0 Å². The minimum Gasteiger partial charge on any atom is -0.379 e. The standard InChI is InChI=1S/C10H18FN2O7P/c1-12-10(15)9(11)5-13(7-14)4-3-8(19-2)6-20-21(16,17)18/h5,7-8H,3-4,6H2,1-2H3,(H,12,15)(H2,16,17,18)/b9-5+. The zero-order valence-electron chi connectivity index (χ0n) is 11.6. The molecule has 0 aliphatic heterocycles. The van der Waals surface area contributed by atoms with E-state index < -0.39 is 32.3 Å². The van der Waals surface area contributed by atoms with E-state index in [2.05, 4.69) is 9.84 Å². The average Bonchev–Trinajstić information content (AvgIpc) is 2.43. The summed E-state index contributed by atoms with van der Waals surface area (Å²) in [7, 11) is -2.09. The van der Waals surface area contributed by atoms with Crippen molar-refractivity contribution in [1.29, 1.82) is 0 Å². The number of ether oxygens (including phenoxy) is 1. The molecule has 0 radical (unpaired) electrons. The number of phosphoric acid groups is 1. The van der Waals surface area contributed by atoms with Gasteiger partial charge in [0.05, 0.1) is 12.7 Å². The van der Waals surface area contributed by atoms with Crippen molar-refractivity contribution in [3.63, 3.8) is 0 Å². The van der Waals surface area contributed by atoms with Gasteiger partial charge in [0, 0.05) is 26.9 Å². The molecule has 0 aromatic carbocycles. The molecular weight excluding hydrogens is 310 g/mol. The number of hydrogen-bond acceptors (Lipinski definition) is 5. The highest BCUT2D eigenvalue weighted by molar-refractivity contribution is 7.46. The van der Waals surface area contributed by atoms with Crippen LogP contribution in [0.15, 0.2) is 12.0 Å². The number of nitrogens with zero attached hydrogens (tertiary/aromatic N) is 1. The van der Waals surface area contributed by atoms with Crippen molar-refractivity contribution in [2.75, 3.05) is 27.3 Å². The molecule has 0 aliphatic rings. The maximum Gasteiger partial charge on any atom is 0.469 e. The third-order valence-electron chi connectivity index (χ3n) is 2.33. The van der Waals surface area contributed by atoms with Crippen molar-refractivity contribution < 1.29 is 37.6 Å². The molecule has 0 saturated heterocycles. The first-order valence-electron chi connectivity index (χ1n) is 5.76. The van der Waals surface area contributed by atoms with E-state index in [0.29, 0.717) is 12.6 Å². The van der Waals surface area contributed by atoms with Crippen LogP contribution in [0, 0.1) is 0 Å².